The summed E-state index contributed by atoms with van der Waals surface area (Å²) in [7, 11) is 0. The van der Waals surface area contributed by atoms with Crippen molar-refractivity contribution in [1.82, 2.24) is 20.0 Å². The van der Waals surface area contributed by atoms with Crippen molar-refractivity contribution in [3.8, 4) is 22.7 Å². The zero-order chi connectivity index (χ0) is 24.2. The summed E-state index contributed by atoms with van der Waals surface area (Å²) in [6, 6.07) is 15.6. The molecule has 1 aliphatic rings. The maximum absolute atomic E-state index is 12.5. The predicted molar refractivity (Wildman–Crippen MR) is 135 cm³/mol. The topological polar surface area (TPSA) is 76.5 Å². The van der Waals surface area contributed by atoms with Gasteiger partial charge in [-0.3, -0.25) is 19.8 Å². The Bertz CT molecular complexity index is 1280. The van der Waals surface area contributed by atoms with E-state index in [9.17, 15) is 9.59 Å². The Labute approximate surface area is 204 Å². The third-order valence-corrected chi connectivity index (χ3v) is 5.76. The number of amides is 2. The van der Waals surface area contributed by atoms with E-state index >= 15 is 0 Å². The third-order valence-electron chi connectivity index (χ3n) is 5.47. The molecule has 174 valence electrons. The summed E-state index contributed by atoms with van der Waals surface area (Å²) < 4.78 is 7.65. The van der Waals surface area contributed by atoms with Gasteiger partial charge in [-0.15, -0.1) is 0 Å². The van der Waals surface area contributed by atoms with Crippen molar-refractivity contribution >= 4 is 35.2 Å². The van der Waals surface area contributed by atoms with Gasteiger partial charge in [0.25, 0.3) is 5.91 Å². The average Bonchev–Trinajstić information content (AvgIpc) is 3.36. The lowest BCUT2D eigenvalue weighted by Gasteiger charge is -2.12. The Kier molecular flexibility index (Phi) is 6.88. The molecule has 1 aliphatic heterocycles. The number of para-hydroxylation sites is 1. The van der Waals surface area contributed by atoms with Gasteiger partial charge >= 0.3 is 0 Å². The number of carbonyl (C=O) groups excluding carboxylic acids is 2. The predicted octanol–water partition coefficient (Wildman–Crippen LogP) is 4.63. The summed E-state index contributed by atoms with van der Waals surface area (Å²) in [6.45, 7) is 6.17. The van der Waals surface area contributed by atoms with Crippen molar-refractivity contribution in [3.63, 3.8) is 0 Å². The first-order chi connectivity index (χ1) is 16.4. The minimum absolute atomic E-state index is 0.0742. The molecule has 4 rings (SSSR count). The standard InChI is InChI=1S/C26H26N4O3S/c1-4-5-13-33-23-12-11-19(14-17(23)2)24-20(16-29(28-24)21-9-7-6-8-10-21)15-22-25(32)27-26(34)30(22)18(3)31/h6-12,14-16H,4-5,13H2,1-3H3,(H,27,32,34). The first kappa shape index (κ1) is 23.4. The number of benzene rings is 2. The molecule has 1 N–H and O–H groups in total. The second-order valence-electron chi connectivity index (χ2n) is 8.04. The zero-order valence-electron chi connectivity index (χ0n) is 19.4. The number of ether oxygens (including phenoxy) is 1. The van der Waals surface area contributed by atoms with E-state index in [1.807, 2.05) is 61.7 Å². The molecule has 0 bridgehead atoms. The van der Waals surface area contributed by atoms with Crippen LogP contribution in [-0.2, 0) is 9.59 Å². The van der Waals surface area contributed by atoms with Crippen molar-refractivity contribution in [3.05, 3.63) is 71.6 Å². The van der Waals surface area contributed by atoms with E-state index in [4.69, 9.17) is 22.1 Å². The highest BCUT2D eigenvalue weighted by molar-refractivity contribution is 7.80. The summed E-state index contributed by atoms with van der Waals surface area (Å²) in [4.78, 5) is 25.9. The number of rotatable bonds is 7. The van der Waals surface area contributed by atoms with Crippen LogP contribution in [0, 0.1) is 6.92 Å². The van der Waals surface area contributed by atoms with Crippen molar-refractivity contribution in [2.75, 3.05) is 6.61 Å². The van der Waals surface area contributed by atoms with Gasteiger partial charge in [0.05, 0.1) is 12.3 Å². The van der Waals surface area contributed by atoms with E-state index in [2.05, 4.69) is 12.2 Å². The Morgan fingerprint density at radius 2 is 1.97 bits per heavy atom. The largest absolute Gasteiger partial charge is 0.493 e. The molecule has 0 spiro atoms. The number of aromatic nitrogens is 2. The fraction of sp³-hybridized carbons (Fsp3) is 0.231. The highest BCUT2D eigenvalue weighted by Gasteiger charge is 2.33. The molecular formula is C26H26N4O3S. The van der Waals surface area contributed by atoms with E-state index < -0.39 is 5.91 Å². The van der Waals surface area contributed by atoms with Gasteiger partial charge in [-0.05, 0) is 67.5 Å². The smallest absolute Gasteiger partial charge is 0.274 e. The van der Waals surface area contributed by atoms with E-state index in [-0.39, 0.29) is 16.7 Å². The number of nitrogens with one attached hydrogen (secondary N) is 1. The fourth-order valence-electron chi connectivity index (χ4n) is 3.73. The molecule has 8 heteroatoms. The van der Waals surface area contributed by atoms with Crippen LogP contribution in [0.5, 0.6) is 5.75 Å². The van der Waals surface area contributed by atoms with Gasteiger partial charge in [-0.25, -0.2) is 4.68 Å². The lowest BCUT2D eigenvalue weighted by Crippen LogP contribution is -2.31. The van der Waals surface area contributed by atoms with Gasteiger partial charge in [0.2, 0.25) is 5.91 Å². The van der Waals surface area contributed by atoms with Crippen molar-refractivity contribution in [2.24, 2.45) is 0 Å². The summed E-state index contributed by atoms with van der Waals surface area (Å²) in [5, 5.41) is 7.43. The first-order valence-corrected chi connectivity index (χ1v) is 11.6. The van der Waals surface area contributed by atoms with Crippen LogP contribution in [0.4, 0.5) is 0 Å². The van der Waals surface area contributed by atoms with Crippen molar-refractivity contribution in [1.29, 1.82) is 0 Å². The summed E-state index contributed by atoms with van der Waals surface area (Å²) in [5.41, 5.74) is 4.27. The van der Waals surface area contributed by atoms with E-state index in [1.165, 1.54) is 11.8 Å². The number of nitrogens with zero attached hydrogens (tertiary/aromatic N) is 3. The molecule has 2 heterocycles. The van der Waals surface area contributed by atoms with E-state index in [0.717, 1.165) is 35.4 Å². The minimum Gasteiger partial charge on any atom is -0.493 e. The van der Waals surface area contributed by atoms with Crippen molar-refractivity contribution in [2.45, 2.75) is 33.6 Å². The molecule has 2 aromatic carbocycles. The number of thiocarbonyl (C=S) groups is 1. The zero-order valence-corrected chi connectivity index (χ0v) is 20.2. The summed E-state index contributed by atoms with van der Waals surface area (Å²) in [5.74, 6) is 0.0772. The Balaban J connectivity index is 1.80. The van der Waals surface area contributed by atoms with Crippen molar-refractivity contribution < 1.29 is 14.3 Å². The Morgan fingerprint density at radius 1 is 1.21 bits per heavy atom. The van der Waals surface area contributed by atoms with E-state index in [0.29, 0.717) is 17.9 Å². The second-order valence-corrected chi connectivity index (χ2v) is 8.43. The maximum atomic E-state index is 12.5. The van der Waals surface area contributed by atoms with Crippen LogP contribution in [0.1, 0.15) is 37.8 Å². The molecule has 0 radical (unpaired) electrons. The van der Waals surface area contributed by atoms with Gasteiger partial charge in [-0.2, -0.15) is 5.10 Å². The van der Waals surface area contributed by atoms with Gasteiger partial charge in [0.15, 0.2) is 5.11 Å². The van der Waals surface area contributed by atoms with Crippen LogP contribution in [0.2, 0.25) is 0 Å². The van der Waals surface area contributed by atoms with Gasteiger partial charge in [0.1, 0.15) is 17.1 Å². The number of carbonyl (C=O) groups is 2. The molecule has 1 aromatic heterocycles. The molecule has 1 saturated heterocycles. The van der Waals surface area contributed by atoms with Crippen LogP contribution < -0.4 is 10.1 Å². The Morgan fingerprint density at radius 3 is 2.65 bits per heavy atom. The van der Waals surface area contributed by atoms with Crippen LogP contribution in [0.3, 0.4) is 0 Å². The number of aryl methyl sites for hydroxylation is 1. The molecule has 3 aromatic rings. The SMILES string of the molecule is CCCCOc1ccc(-c2nn(-c3ccccc3)cc2C=C2C(=O)NC(=S)N2C(C)=O)cc1C. The molecule has 0 atom stereocenters. The average molecular weight is 475 g/mol. The first-order valence-electron chi connectivity index (χ1n) is 11.2. The molecule has 0 saturated carbocycles. The molecule has 34 heavy (non-hydrogen) atoms. The quantitative estimate of drug-likeness (QED) is 0.307. The van der Waals surface area contributed by atoms with Crippen LogP contribution in [0.25, 0.3) is 23.0 Å². The second kappa shape index (κ2) is 10.0. The monoisotopic (exact) mass is 474 g/mol. The molecular weight excluding hydrogens is 448 g/mol. The number of hydrogen-bond acceptors (Lipinski definition) is 5. The lowest BCUT2D eigenvalue weighted by molar-refractivity contribution is -0.125. The molecule has 0 aliphatic carbocycles. The molecule has 1 fully saturated rings. The minimum atomic E-state index is -0.422. The lowest BCUT2D eigenvalue weighted by atomic mass is 10.0. The van der Waals surface area contributed by atoms with Crippen LogP contribution >= 0.6 is 12.2 Å². The van der Waals surface area contributed by atoms with Crippen LogP contribution in [0.15, 0.2) is 60.4 Å². The highest BCUT2D eigenvalue weighted by atomic mass is 32.1. The molecule has 7 nitrogen and oxygen atoms in total. The fourth-order valence-corrected chi connectivity index (χ4v) is 4.05. The van der Waals surface area contributed by atoms with Gasteiger partial charge in [-0.1, -0.05) is 31.5 Å². The normalized spacial score (nSPS) is 14.6. The van der Waals surface area contributed by atoms with E-state index in [1.54, 1.807) is 10.8 Å². The maximum Gasteiger partial charge on any atom is 0.274 e. The summed E-state index contributed by atoms with van der Waals surface area (Å²) in [6.07, 6.45) is 5.56. The highest BCUT2D eigenvalue weighted by Crippen LogP contribution is 2.31. The third kappa shape index (κ3) is 4.77. The number of unbranched alkanes of at least 4 members (excludes halogenated alkanes) is 1. The molecule has 2 amide bonds. The summed E-state index contributed by atoms with van der Waals surface area (Å²) >= 11 is 5.17. The van der Waals surface area contributed by atoms with Gasteiger partial charge < -0.3 is 4.74 Å². The van der Waals surface area contributed by atoms with Crippen LogP contribution in [-0.4, -0.2) is 38.2 Å². The molecule has 0 unspecified atom stereocenters. The number of hydrogen-bond donors (Lipinski definition) is 1. The van der Waals surface area contributed by atoms with Gasteiger partial charge in [0, 0.05) is 24.2 Å². The Hall–Kier alpha value is -3.78.